The average Bonchev–Trinajstić information content (AvgIpc) is 3.41. The summed E-state index contributed by atoms with van der Waals surface area (Å²) >= 11 is 0. The quantitative estimate of drug-likeness (QED) is 0.178. The van der Waals surface area contributed by atoms with Crippen LogP contribution >= 0.6 is 0 Å². The van der Waals surface area contributed by atoms with Crippen molar-refractivity contribution in [1.82, 2.24) is 4.98 Å². The van der Waals surface area contributed by atoms with E-state index in [0.29, 0.717) is 36.0 Å². The zero-order valence-corrected chi connectivity index (χ0v) is 33.6. The van der Waals surface area contributed by atoms with Gasteiger partial charge in [0, 0.05) is 47.5 Å². The SMILES string of the molecule is C[C@@H]1C[C@H]2[C@@H]3CCC4=CC(=O)C=C[C@]4(C)[C@@]3(F)[C@@H](O)C[C@]2(C)[C@@]1(O)C(=O)COC(=O)C[C@H](N)C(=O)OCc1cccc([C@@H](CN)C(=O)Cc2ccc3cnccc3c2)c1. The number of carbonyl (C=O) groups excluding carboxylic acids is 5. The molecule has 4 aliphatic carbocycles. The first kappa shape index (κ1) is 42.2. The number of Topliss-reactive ketones (excluding diaryl/α,β-unsaturated/α-hetero) is 2. The number of benzene rings is 2. The third-order valence-electron chi connectivity index (χ3n) is 14.1. The second-order valence-corrected chi connectivity index (χ2v) is 17.4. The first-order valence-electron chi connectivity index (χ1n) is 20.2. The molecule has 2 aromatic carbocycles. The van der Waals surface area contributed by atoms with Gasteiger partial charge < -0.3 is 31.2 Å². The maximum Gasteiger partial charge on any atom is 0.323 e. The largest absolute Gasteiger partial charge is 0.460 e. The minimum atomic E-state index is -2.13. The molecule has 0 spiro atoms. The number of carbonyl (C=O) groups is 5. The lowest BCUT2D eigenvalue weighted by Crippen LogP contribution is -2.69. The Hall–Kier alpha value is -4.95. The topological polar surface area (TPSA) is 209 Å². The van der Waals surface area contributed by atoms with Crippen molar-refractivity contribution in [3.8, 4) is 0 Å². The highest BCUT2D eigenvalue weighted by molar-refractivity contribution is 6.01. The highest BCUT2D eigenvalue weighted by atomic mass is 19.1. The second-order valence-electron chi connectivity index (χ2n) is 17.4. The smallest absolute Gasteiger partial charge is 0.323 e. The molecule has 13 heteroatoms. The molecule has 0 amide bonds. The molecule has 0 radical (unpaired) electrons. The van der Waals surface area contributed by atoms with Crippen molar-refractivity contribution in [2.75, 3.05) is 13.2 Å². The van der Waals surface area contributed by atoms with Crippen molar-refractivity contribution in [2.24, 2.45) is 40.1 Å². The number of hydrogen-bond acceptors (Lipinski definition) is 12. The van der Waals surface area contributed by atoms with Gasteiger partial charge in [-0.15, -0.1) is 0 Å². The molecule has 3 saturated carbocycles. The molecule has 3 fully saturated rings. The predicted molar refractivity (Wildman–Crippen MR) is 215 cm³/mol. The molecule has 1 heterocycles. The third-order valence-corrected chi connectivity index (χ3v) is 14.1. The zero-order valence-electron chi connectivity index (χ0n) is 33.6. The lowest BCUT2D eigenvalue weighted by molar-refractivity contribution is -0.220. The van der Waals surface area contributed by atoms with E-state index in [9.17, 15) is 34.2 Å². The summed E-state index contributed by atoms with van der Waals surface area (Å²) in [4.78, 5) is 69.2. The number of halogens is 1. The maximum atomic E-state index is 17.5. The Bertz CT molecular complexity index is 2260. The Labute approximate surface area is 342 Å². The van der Waals surface area contributed by atoms with E-state index in [1.807, 2.05) is 24.3 Å². The van der Waals surface area contributed by atoms with Crippen molar-refractivity contribution in [3.63, 3.8) is 0 Å². The van der Waals surface area contributed by atoms with Gasteiger partial charge in [0.25, 0.3) is 0 Å². The van der Waals surface area contributed by atoms with Gasteiger partial charge in [-0.25, -0.2) is 4.39 Å². The monoisotopic (exact) mass is 809 g/mol. The highest BCUT2D eigenvalue weighted by Crippen LogP contribution is 2.70. The number of ketones is 3. The van der Waals surface area contributed by atoms with Crippen LogP contribution < -0.4 is 11.5 Å². The molecule has 0 unspecified atom stereocenters. The normalized spacial score (nSPS) is 31.9. The van der Waals surface area contributed by atoms with Crippen LogP contribution in [0.25, 0.3) is 10.8 Å². The van der Waals surface area contributed by atoms with Crippen LogP contribution in [0.3, 0.4) is 0 Å². The van der Waals surface area contributed by atoms with E-state index in [1.165, 1.54) is 12.2 Å². The van der Waals surface area contributed by atoms with Gasteiger partial charge in [-0.1, -0.05) is 68.0 Å². The summed E-state index contributed by atoms with van der Waals surface area (Å²) in [6.07, 6.45) is 6.67. The van der Waals surface area contributed by atoms with Crippen LogP contribution in [-0.4, -0.2) is 81.1 Å². The minimum Gasteiger partial charge on any atom is -0.460 e. The van der Waals surface area contributed by atoms with Gasteiger partial charge in [0.15, 0.2) is 18.1 Å². The maximum absolute atomic E-state index is 17.5. The van der Waals surface area contributed by atoms with Crippen LogP contribution in [0.2, 0.25) is 0 Å². The number of nitrogens with zero attached hydrogens (tertiary/aromatic N) is 1. The van der Waals surface area contributed by atoms with Gasteiger partial charge >= 0.3 is 11.9 Å². The van der Waals surface area contributed by atoms with E-state index in [0.717, 1.165) is 16.3 Å². The van der Waals surface area contributed by atoms with Gasteiger partial charge in [0.05, 0.1) is 18.4 Å². The van der Waals surface area contributed by atoms with Crippen molar-refractivity contribution < 1.29 is 48.0 Å². The molecule has 59 heavy (non-hydrogen) atoms. The van der Waals surface area contributed by atoms with Crippen LogP contribution in [0.15, 0.2) is 84.7 Å². The van der Waals surface area contributed by atoms with Crippen molar-refractivity contribution >= 4 is 40.1 Å². The average molecular weight is 810 g/mol. The number of alkyl halides is 1. The summed E-state index contributed by atoms with van der Waals surface area (Å²) < 4.78 is 28.1. The Balaban J connectivity index is 0.928. The summed E-state index contributed by atoms with van der Waals surface area (Å²) in [5.41, 5.74) is 8.14. The number of hydrogen-bond donors (Lipinski definition) is 4. The van der Waals surface area contributed by atoms with E-state index >= 15 is 4.39 Å². The number of rotatable bonds is 13. The van der Waals surface area contributed by atoms with E-state index in [1.54, 1.807) is 63.5 Å². The first-order chi connectivity index (χ1) is 28.0. The second kappa shape index (κ2) is 15.9. The summed E-state index contributed by atoms with van der Waals surface area (Å²) in [6, 6.07) is 13.2. The van der Waals surface area contributed by atoms with Crippen LogP contribution in [0, 0.1) is 28.6 Å². The number of nitrogens with two attached hydrogens (primary N) is 2. The van der Waals surface area contributed by atoms with Gasteiger partial charge in [0.2, 0.25) is 5.78 Å². The number of fused-ring (bicyclic) bond motifs is 6. The van der Waals surface area contributed by atoms with Crippen LogP contribution in [-0.2, 0) is 46.5 Å². The van der Waals surface area contributed by atoms with Crippen LogP contribution in [0.1, 0.15) is 75.5 Å². The van der Waals surface area contributed by atoms with Crippen molar-refractivity contribution in [3.05, 3.63) is 101 Å². The summed E-state index contributed by atoms with van der Waals surface area (Å²) in [7, 11) is 0. The highest BCUT2D eigenvalue weighted by Gasteiger charge is 2.75. The number of aliphatic hydroxyl groups excluding tert-OH is 1. The summed E-state index contributed by atoms with van der Waals surface area (Å²) in [6.45, 7) is 4.16. The molecule has 3 aromatic rings. The summed E-state index contributed by atoms with van der Waals surface area (Å²) in [5, 5.41) is 25.7. The zero-order chi connectivity index (χ0) is 42.5. The number of pyridine rings is 1. The molecule has 0 aliphatic heterocycles. The molecular weight excluding hydrogens is 758 g/mol. The summed E-state index contributed by atoms with van der Waals surface area (Å²) in [5.74, 6) is -5.37. The minimum absolute atomic E-state index is 0.0676. The predicted octanol–water partition coefficient (Wildman–Crippen LogP) is 4.31. The molecule has 0 saturated heterocycles. The number of aliphatic hydroxyl groups is 2. The third kappa shape index (κ3) is 7.15. The number of ether oxygens (including phenoxy) is 2. The standard InChI is InChI=1S/C46H52FN3O9/c1-26-15-36-35-10-9-32-19-33(51)11-13-43(32,2)45(35,47)39(53)21-44(36,3)46(26,57)40(54)25-58-41(55)20-37(49)42(56)59-24-28-5-4-6-30(17-28)34(22-48)38(52)18-27-7-8-31-23-50-14-12-29(31)16-27/h4-8,11-14,16-17,19,23,26,34-37,39,53,57H,9-10,15,18,20-22,24-25,48-49H2,1-3H3/t26-,34-,35+,36+,37+,39+,43+,44+,45+,46+/m1/s1. The van der Waals surface area contributed by atoms with E-state index in [4.69, 9.17) is 20.9 Å². The van der Waals surface area contributed by atoms with Gasteiger partial charge in [-0.3, -0.25) is 29.0 Å². The molecule has 10 atom stereocenters. The number of esters is 2. The van der Waals surface area contributed by atoms with E-state index in [-0.39, 0.29) is 37.6 Å². The number of allylic oxidation sites excluding steroid dienone is 4. The Morgan fingerprint density at radius 1 is 1.03 bits per heavy atom. The van der Waals surface area contributed by atoms with Gasteiger partial charge in [-0.2, -0.15) is 0 Å². The molecule has 0 bridgehead atoms. The molecule has 7 rings (SSSR count). The fraction of sp³-hybridized carbons (Fsp3) is 0.478. The fourth-order valence-corrected chi connectivity index (χ4v) is 10.9. The molecule has 6 N–H and O–H groups in total. The lowest BCUT2D eigenvalue weighted by Gasteiger charge is -2.62. The molecule has 312 valence electrons. The molecule has 4 aliphatic rings. The molecular formula is C46H52FN3O9. The Morgan fingerprint density at radius 3 is 2.58 bits per heavy atom. The molecule has 12 nitrogen and oxygen atoms in total. The number of aromatic nitrogens is 1. The van der Waals surface area contributed by atoms with Gasteiger partial charge in [0.1, 0.15) is 24.0 Å². The van der Waals surface area contributed by atoms with Crippen LogP contribution in [0.5, 0.6) is 0 Å². The fourth-order valence-electron chi connectivity index (χ4n) is 10.9. The van der Waals surface area contributed by atoms with Gasteiger partial charge in [-0.05, 0) is 84.7 Å². The first-order valence-corrected chi connectivity index (χ1v) is 20.2. The van der Waals surface area contributed by atoms with Crippen LogP contribution in [0.4, 0.5) is 4.39 Å². The van der Waals surface area contributed by atoms with E-state index < -0.39 is 88.7 Å². The van der Waals surface area contributed by atoms with E-state index in [2.05, 4.69) is 4.98 Å². The molecule has 1 aromatic heterocycles. The lowest BCUT2D eigenvalue weighted by atomic mass is 9.44. The Kier molecular flexibility index (Phi) is 11.4. The Morgan fingerprint density at radius 2 is 1.81 bits per heavy atom. The van der Waals surface area contributed by atoms with Crippen molar-refractivity contribution in [2.45, 2.75) is 95.2 Å². The van der Waals surface area contributed by atoms with Crippen molar-refractivity contribution in [1.29, 1.82) is 0 Å².